The summed E-state index contributed by atoms with van der Waals surface area (Å²) in [4.78, 5) is 10.7. The molecule has 0 atom stereocenters. The van der Waals surface area contributed by atoms with E-state index in [9.17, 15) is 4.79 Å². The minimum atomic E-state index is -1.24. The smallest absolute Gasteiger partial charge is 0.346 e. The highest BCUT2D eigenvalue weighted by Crippen LogP contribution is 2.25. The molecule has 0 amide bonds. The second kappa shape index (κ2) is 4.63. The molecule has 1 rings (SSSR count). The predicted molar refractivity (Wildman–Crippen MR) is 57.3 cm³/mol. The molecule has 1 aromatic carbocycles. The molecule has 0 aliphatic rings. The van der Waals surface area contributed by atoms with E-state index in [1.165, 1.54) is 0 Å². The molecule has 0 spiro atoms. The third-order valence-electron chi connectivity index (χ3n) is 1.98. The molecule has 0 aliphatic carbocycles. The van der Waals surface area contributed by atoms with Crippen LogP contribution in [0.4, 0.5) is 0 Å². The fourth-order valence-corrected chi connectivity index (χ4v) is 1.47. The van der Waals surface area contributed by atoms with E-state index in [2.05, 4.69) is 0 Å². The van der Waals surface area contributed by atoms with Gasteiger partial charge in [-0.2, -0.15) is 5.26 Å². The molecule has 1 aromatic rings. The number of allylic oxidation sites excluding steroid dienone is 1. The lowest BCUT2D eigenvalue weighted by atomic mass is 10.0. The molecule has 15 heavy (non-hydrogen) atoms. The van der Waals surface area contributed by atoms with Crippen LogP contribution in [0.1, 0.15) is 12.5 Å². The lowest BCUT2D eigenvalue weighted by Gasteiger charge is -2.04. The average molecular weight is 222 g/mol. The van der Waals surface area contributed by atoms with Crippen LogP contribution in [0.3, 0.4) is 0 Å². The van der Waals surface area contributed by atoms with Crippen molar-refractivity contribution in [3.05, 3.63) is 40.4 Å². The highest BCUT2D eigenvalue weighted by molar-refractivity contribution is 6.32. The van der Waals surface area contributed by atoms with E-state index < -0.39 is 5.97 Å². The van der Waals surface area contributed by atoms with Crippen LogP contribution in [0.2, 0.25) is 5.02 Å². The second-order valence-corrected chi connectivity index (χ2v) is 3.30. The van der Waals surface area contributed by atoms with Crippen LogP contribution in [0, 0.1) is 11.3 Å². The van der Waals surface area contributed by atoms with E-state index in [-0.39, 0.29) is 5.57 Å². The Bertz CT molecular complexity index is 472. The predicted octanol–water partition coefficient (Wildman–Crippen LogP) is 2.72. The maximum Gasteiger partial charge on any atom is 0.346 e. The van der Waals surface area contributed by atoms with Crippen molar-refractivity contribution in [3.8, 4) is 6.07 Å². The van der Waals surface area contributed by atoms with Crippen molar-refractivity contribution in [2.75, 3.05) is 0 Å². The van der Waals surface area contributed by atoms with Gasteiger partial charge in [-0.05, 0) is 24.1 Å². The molecule has 0 saturated carbocycles. The average Bonchev–Trinajstić information content (AvgIpc) is 2.18. The molecule has 76 valence electrons. The van der Waals surface area contributed by atoms with Gasteiger partial charge in [-0.25, -0.2) is 4.79 Å². The number of carboxylic acid groups (broad SMARTS) is 1. The number of rotatable bonds is 2. The Balaban J connectivity index is 3.37. The number of aliphatic carboxylic acids is 1. The van der Waals surface area contributed by atoms with Crippen molar-refractivity contribution in [2.45, 2.75) is 6.92 Å². The third kappa shape index (κ3) is 2.36. The molecular formula is C11H8ClNO2. The Labute approximate surface area is 92.2 Å². The Morgan fingerprint density at radius 1 is 1.47 bits per heavy atom. The molecule has 0 heterocycles. The molecule has 0 radical (unpaired) electrons. The van der Waals surface area contributed by atoms with Gasteiger partial charge in [0.25, 0.3) is 0 Å². The molecule has 0 unspecified atom stereocenters. The number of hydrogen-bond acceptors (Lipinski definition) is 2. The van der Waals surface area contributed by atoms with Crippen LogP contribution >= 0.6 is 11.6 Å². The van der Waals surface area contributed by atoms with Crippen LogP contribution in [0.15, 0.2) is 29.8 Å². The van der Waals surface area contributed by atoms with Gasteiger partial charge in [0.2, 0.25) is 0 Å². The normalized spacial score (nSPS) is 11.5. The Morgan fingerprint density at radius 3 is 2.53 bits per heavy atom. The lowest BCUT2D eigenvalue weighted by Crippen LogP contribution is -2.01. The minimum Gasteiger partial charge on any atom is -0.477 e. The summed E-state index contributed by atoms with van der Waals surface area (Å²) in [7, 11) is 0. The van der Waals surface area contributed by atoms with E-state index in [1.807, 2.05) is 0 Å². The second-order valence-electron chi connectivity index (χ2n) is 2.90. The van der Waals surface area contributed by atoms with Gasteiger partial charge in [0.15, 0.2) is 0 Å². The molecule has 0 aromatic heterocycles. The minimum absolute atomic E-state index is 0.289. The number of carbonyl (C=O) groups is 1. The number of nitrogens with zero attached hydrogens (tertiary/aromatic N) is 1. The molecular weight excluding hydrogens is 214 g/mol. The Hall–Kier alpha value is -1.79. The van der Waals surface area contributed by atoms with Crippen molar-refractivity contribution >= 4 is 23.1 Å². The molecule has 4 heteroatoms. The monoisotopic (exact) mass is 221 g/mol. The maximum atomic E-state index is 10.7. The molecule has 0 saturated heterocycles. The van der Waals surface area contributed by atoms with E-state index in [4.69, 9.17) is 22.0 Å². The Morgan fingerprint density at radius 2 is 2.07 bits per heavy atom. The fraction of sp³-hybridized carbons (Fsp3) is 0.0909. The van der Waals surface area contributed by atoms with E-state index in [0.29, 0.717) is 16.2 Å². The number of carboxylic acids is 1. The standard InChI is InChI=1S/C11H8ClNO2/c1-7(9(6-13)11(14)15)8-4-2-3-5-10(8)12/h2-5H,1H3,(H,14,15)/b9-7-. The maximum absolute atomic E-state index is 10.7. The molecule has 3 nitrogen and oxygen atoms in total. The van der Waals surface area contributed by atoms with Crippen molar-refractivity contribution in [3.63, 3.8) is 0 Å². The summed E-state index contributed by atoms with van der Waals surface area (Å²) in [5.74, 6) is -1.24. The third-order valence-corrected chi connectivity index (χ3v) is 2.31. The summed E-state index contributed by atoms with van der Waals surface area (Å²) in [5, 5.41) is 17.9. The van der Waals surface area contributed by atoms with Gasteiger partial charge in [-0.15, -0.1) is 0 Å². The topological polar surface area (TPSA) is 61.1 Å². The van der Waals surface area contributed by atoms with Crippen LogP contribution in [-0.2, 0) is 4.79 Å². The van der Waals surface area contributed by atoms with Crippen molar-refractivity contribution in [1.82, 2.24) is 0 Å². The first-order valence-corrected chi connectivity index (χ1v) is 4.55. The Kier molecular flexibility index (Phi) is 3.48. The largest absolute Gasteiger partial charge is 0.477 e. The van der Waals surface area contributed by atoms with Gasteiger partial charge >= 0.3 is 5.97 Å². The highest BCUT2D eigenvalue weighted by Gasteiger charge is 2.13. The lowest BCUT2D eigenvalue weighted by molar-refractivity contribution is -0.132. The van der Waals surface area contributed by atoms with Gasteiger partial charge in [-0.1, -0.05) is 29.8 Å². The van der Waals surface area contributed by atoms with Crippen molar-refractivity contribution in [1.29, 1.82) is 5.26 Å². The number of benzene rings is 1. The first-order valence-electron chi connectivity index (χ1n) is 4.17. The summed E-state index contributed by atoms with van der Waals surface area (Å²) in [5.41, 5.74) is 0.650. The molecule has 0 bridgehead atoms. The summed E-state index contributed by atoms with van der Waals surface area (Å²) in [6.45, 7) is 1.56. The van der Waals surface area contributed by atoms with Gasteiger partial charge in [0.05, 0.1) is 0 Å². The van der Waals surface area contributed by atoms with Crippen molar-refractivity contribution < 1.29 is 9.90 Å². The van der Waals surface area contributed by atoms with Gasteiger partial charge < -0.3 is 5.11 Å². The van der Waals surface area contributed by atoms with Crippen LogP contribution < -0.4 is 0 Å². The number of nitriles is 1. The summed E-state index contributed by atoms with van der Waals surface area (Å²) in [6.07, 6.45) is 0. The SMILES string of the molecule is C/C(=C(\C#N)C(=O)O)c1ccccc1Cl. The summed E-state index contributed by atoms with van der Waals surface area (Å²) in [6, 6.07) is 8.46. The van der Waals surface area contributed by atoms with Gasteiger partial charge in [0.1, 0.15) is 11.6 Å². The summed E-state index contributed by atoms with van der Waals surface area (Å²) >= 11 is 5.89. The number of hydrogen-bond donors (Lipinski definition) is 1. The van der Waals surface area contributed by atoms with Gasteiger partial charge in [-0.3, -0.25) is 0 Å². The van der Waals surface area contributed by atoms with Crippen LogP contribution in [0.25, 0.3) is 5.57 Å². The first-order chi connectivity index (χ1) is 7.07. The van der Waals surface area contributed by atoms with Gasteiger partial charge in [0, 0.05) is 5.02 Å². The van der Waals surface area contributed by atoms with E-state index in [0.717, 1.165) is 0 Å². The highest BCUT2D eigenvalue weighted by atomic mass is 35.5. The quantitative estimate of drug-likeness (QED) is 0.617. The van der Waals surface area contributed by atoms with E-state index >= 15 is 0 Å². The summed E-state index contributed by atoms with van der Waals surface area (Å²) < 4.78 is 0. The van der Waals surface area contributed by atoms with E-state index in [1.54, 1.807) is 37.3 Å². The molecule has 0 aliphatic heterocycles. The zero-order valence-corrected chi connectivity index (χ0v) is 8.75. The number of halogens is 1. The van der Waals surface area contributed by atoms with Crippen LogP contribution in [0.5, 0.6) is 0 Å². The van der Waals surface area contributed by atoms with Crippen LogP contribution in [-0.4, -0.2) is 11.1 Å². The zero-order chi connectivity index (χ0) is 11.4. The molecule has 0 fully saturated rings. The van der Waals surface area contributed by atoms with Crippen molar-refractivity contribution in [2.24, 2.45) is 0 Å². The molecule has 1 N–H and O–H groups in total. The zero-order valence-electron chi connectivity index (χ0n) is 7.99. The fourth-order valence-electron chi connectivity index (χ4n) is 1.19. The first kappa shape index (κ1) is 11.3.